The average Bonchev–Trinajstić information content (AvgIpc) is 3.09. The van der Waals surface area contributed by atoms with E-state index in [-0.39, 0.29) is 11.4 Å². The maximum absolute atomic E-state index is 12.2. The van der Waals surface area contributed by atoms with E-state index in [2.05, 4.69) is 20.7 Å². The van der Waals surface area contributed by atoms with Crippen LogP contribution in [0.1, 0.15) is 23.0 Å². The number of phenols is 1. The summed E-state index contributed by atoms with van der Waals surface area (Å²) in [6.45, 7) is 1.72. The molecule has 0 saturated carbocycles. The standard InChI is InChI=1S/C18H14Cl2N4O2/c1-10(11-3-2-4-13(25)7-11)21-24-18(26)17-9-16(22-23-17)14-6-5-12(19)8-15(14)20/h2-9,25H,1H3,(H,22,23)(H,24,26)/b21-10-. The van der Waals surface area contributed by atoms with E-state index < -0.39 is 5.91 Å². The third-order valence-corrected chi connectivity index (χ3v) is 4.17. The van der Waals surface area contributed by atoms with Gasteiger partial charge in [0.05, 0.1) is 16.4 Å². The number of carbonyl (C=O) groups excluding carboxylic acids is 1. The first-order chi connectivity index (χ1) is 12.4. The van der Waals surface area contributed by atoms with Crippen molar-refractivity contribution in [3.63, 3.8) is 0 Å². The minimum atomic E-state index is -0.451. The molecule has 3 aromatic rings. The number of hydrazone groups is 1. The van der Waals surface area contributed by atoms with Crippen molar-refractivity contribution in [3.05, 3.63) is 69.8 Å². The minimum absolute atomic E-state index is 0.126. The summed E-state index contributed by atoms with van der Waals surface area (Å²) >= 11 is 12.0. The highest BCUT2D eigenvalue weighted by molar-refractivity contribution is 6.36. The largest absolute Gasteiger partial charge is 0.508 e. The Labute approximate surface area is 159 Å². The van der Waals surface area contributed by atoms with Crippen LogP contribution in [0.15, 0.2) is 53.6 Å². The molecule has 1 amide bonds. The maximum atomic E-state index is 12.2. The lowest BCUT2D eigenvalue weighted by molar-refractivity contribution is 0.0950. The Morgan fingerprint density at radius 2 is 2.00 bits per heavy atom. The van der Waals surface area contributed by atoms with Gasteiger partial charge in [-0.3, -0.25) is 9.89 Å². The molecule has 3 N–H and O–H groups in total. The maximum Gasteiger partial charge on any atom is 0.289 e. The molecule has 0 unspecified atom stereocenters. The van der Waals surface area contributed by atoms with Crippen LogP contribution < -0.4 is 5.43 Å². The number of benzene rings is 2. The number of carbonyl (C=O) groups is 1. The quantitative estimate of drug-likeness (QED) is 0.460. The molecule has 132 valence electrons. The van der Waals surface area contributed by atoms with Crippen molar-refractivity contribution < 1.29 is 9.90 Å². The normalized spacial score (nSPS) is 11.4. The second kappa shape index (κ2) is 7.59. The van der Waals surface area contributed by atoms with Gasteiger partial charge in [0.2, 0.25) is 0 Å². The Balaban J connectivity index is 1.75. The van der Waals surface area contributed by atoms with Gasteiger partial charge in [-0.15, -0.1) is 0 Å². The molecular formula is C18H14Cl2N4O2. The van der Waals surface area contributed by atoms with Gasteiger partial charge in [-0.1, -0.05) is 35.3 Å². The zero-order valence-corrected chi connectivity index (χ0v) is 15.1. The van der Waals surface area contributed by atoms with Crippen LogP contribution >= 0.6 is 23.2 Å². The van der Waals surface area contributed by atoms with E-state index in [4.69, 9.17) is 23.2 Å². The van der Waals surface area contributed by atoms with Crippen molar-refractivity contribution in [2.45, 2.75) is 6.92 Å². The molecule has 3 rings (SSSR count). The van der Waals surface area contributed by atoms with Crippen molar-refractivity contribution in [1.29, 1.82) is 0 Å². The first-order valence-electron chi connectivity index (χ1n) is 7.59. The number of phenolic OH excluding ortho intramolecular Hbond substituents is 1. The van der Waals surface area contributed by atoms with E-state index in [1.54, 1.807) is 55.5 Å². The lowest BCUT2D eigenvalue weighted by atomic mass is 10.1. The number of H-pyrrole nitrogens is 1. The molecule has 0 aliphatic carbocycles. The van der Waals surface area contributed by atoms with Crippen LogP contribution in [0, 0.1) is 0 Å². The van der Waals surface area contributed by atoms with E-state index in [0.29, 0.717) is 32.6 Å². The fourth-order valence-electron chi connectivity index (χ4n) is 2.26. The Bertz CT molecular complexity index is 998. The van der Waals surface area contributed by atoms with Gasteiger partial charge in [-0.2, -0.15) is 10.2 Å². The predicted octanol–water partition coefficient (Wildman–Crippen LogP) is 4.24. The molecule has 6 nitrogen and oxygen atoms in total. The van der Waals surface area contributed by atoms with Gasteiger partial charge in [0.15, 0.2) is 0 Å². The van der Waals surface area contributed by atoms with E-state index in [9.17, 15) is 9.90 Å². The van der Waals surface area contributed by atoms with Gasteiger partial charge in [-0.05, 0) is 43.3 Å². The summed E-state index contributed by atoms with van der Waals surface area (Å²) in [7, 11) is 0. The van der Waals surface area contributed by atoms with Gasteiger partial charge in [-0.25, -0.2) is 5.43 Å². The average molecular weight is 389 g/mol. The second-order valence-electron chi connectivity index (χ2n) is 5.48. The number of hydrogen-bond acceptors (Lipinski definition) is 4. The van der Waals surface area contributed by atoms with E-state index in [1.807, 2.05) is 0 Å². The van der Waals surface area contributed by atoms with Crippen molar-refractivity contribution in [3.8, 4) is 17.0 Å². The Hall–Kier alpha value is -2.83. The topological polar surface area (TPSA) is 90.4 Å². The van der Waals surface area contributed by atoms with Crippen molar-refractivity contribution in [2.75, 3.05) is 0 Å². The highest BCUT2D eigenvalue weighted by Gasteiger charge is 2.13. The third kappa shape index (κ3) is 4.04. The van der Waals surface area contributed by atoms with Crippen LogP contribution in [0.5, 0.6) is 5.75 Å². The number of aromatic amines is 1. The zero-order valence-electron chi connectivity index (χ0n) is 13.6. The molecule has 2 aromatic carbocycles. The highest BCUT2D eigenvalue weighted by Crippen LogP contribution is 2.29. The monoisotopic (exact) mass is 388 g/mol. The second-order valence-corrected chi connectivity index (χ2v) is 6.32. The number of aromatic nitrogens is 2. The van der Waals surface area contributed by atoms with Crippen molar-refractivity contribution in [1.82, 2.24) is 15.6 Å². The zero-order chi connectivity index (χ0) is 18.7. The third-order valence-electron chi connectivity index (χ3n) is 3.62. The summed E-state index contributed by atoms with van der Waals surface area (Å²) < 4.78 is 0. The summed E-state index contributed by atoms with van der Waals surface area (Å²) in [5.74, 6) is -0.324. The molecular weight excluding hydrogens is 375 g/mol. The number of aromatic hydroxyl groups is 1. The number of nitrogens with zero attached hydrogens (tertiary/aromatic N) is 2. The smallest absolute Gasteiger partial charge is 0.289 e. The van der Waals surface area contributed by atoms with Gasteiger partial charge >= 0.3 is 0 Å². The molecule has 26 heavy (non-hydrogen) atoms. The van der Waals surface area contributed by atoms with E-state index in [0.717, 1.165) is 0 Å². The first-order valence-corrected chi connectivity index (χ1v) is 8.34. The molecule has 0 saturated heterocycles. The van der Waals surface area contributed by atoms with Gasteiger partial charge < -0.3 is 5.11 Å². The molecule has 0 spiro atoms. The number of halogens is 2. The lowest BCUT2D eigenvalue weighted by Gasteiger charge is -2.02. The number of nitrogens with one attached hydrogen (secondary N) is 2. The van der Waals surface area contributed by atoms with Crippen LogP contribution in [-0.4, -0.2) is 26.9 Å². The minimum Gasteiger partial charge on any atom is -0.508 e. The Morgan fingerprint density at radius 1 is 1.19 bits per heavy atom. The molecule has 0 aliphatic heterocycles. The molecule has 1 aromatic heterocycles. The molecule has 0 aliphatic rings. The lowest BCUT2D eigenvalue weighted by Crippen LogP contribution is -2.19. The molecule has 0 atom stereocenters. The van der Waals surface area contributed by atoms with Crippen molar-refractivity contribution >= 4 is 34.8 Å². The Morgan fingerprint density at radius 3 is 2.73 bits per heavy atom. The van der Waals surface area contributed by atoms with Gasteiger partial charge in [0.25, 0.3) is 5.91 Å². The van der Waals surface area contributed by atoms with Gasteiger partial charge in [0.1, 0.15) is 11.4 Å². The van der Waals surface area contributed by atoms with E-state index in [1.165, 1.54) is 0 Å². The van der Waals surface area contributed by atoms with Crippen LogP contribution in [0.4, 0.5) is 0 Å². The molecule has 0 radical (unpaired) electrons. The molecule has 8 heteroatoms. The number of amides is 1. The predicted molar refractivity (Wildman–Crippen MR) is 102 cm³/mol. The SMILES string of the molecule is C/C(=N/NC(=O)c1cc(-c2ccc(Cl)cc2Cl)n[nH]1)c1cccc(O)c1. The summed E-state index contributed by atoms with van der Waals surface area (Å²) in [4.78, 5) is 12.2. The first kappa shape index (κ1) is 18.0. The molecule has 1 heterocycles. The molecule has 0 bridgehead atoms. The summed E-state index contributed by atoms with van der Waals surface area (Å²) in [5, 5.41) is 21.2. The van der Waals surface area contributed by atoms with Crippen LogP contribution in [0.25, 0.3) is 11.3 Å². The molecule has 0 fully saturated rings. The van der Waals surface area contributed by atoms with Crippen molar-refractivity contribution in [2.24, 2.45) is 5.10 Å². The summed E-state index contributed by atoms with van der Waals surface area (Å²) in [6, 6.07) is 13.2. The fraction of sp³-hybridized carbons (Fsp3) is 0.0556. The van der Waals surface area contributed by atoms with Gasteiger partial charge in [0, 0.05) is 16.1 Å². The van der Waals surface area contributed by atoms with Crippen LogP contribution in [-0.2, 0) is 0 Å². The fourth-order valence-corrected chi connectivity index (χ4v) is 2.77. The van der Waals surface area contributed by atoms with Crippen LogP contribution in [0.3, 0.4) is 0 Å². The number of rotatable bonds is 4. The summed E-state index contributed by atoms with van der Waals surface area (Å²) in [6.07, 6.45) is 0. The Kier molecular flexibility index (Phi) is 5.25. The highest BCUT2D eigenvalue weighted by atomic mass is 35.5. The number of hydrogen-bond donors (Lipinski definition) is 3. The van der Waals surface area contributed by atoms with E-state index >= 15 is 0 Å². The van der Waals surface area contributed by atoms with Crippen LogP contribution in [0.2, 0.25) is 10.0 Å². The summed E-state index contributed by atoms with van der Waals surface area (Å²) in [5.41, 5.74) is 5.11.